The van der Waals surface area contributed by atoms with Gasteiger partial charge in [0.15, 0.2) is 0 Å². The maximum atomic E-state index is 11.3. The highest BCUT2D eigenvalue weighted by molar-refractivity contribution is 5.81. The van der Waals surface area contributed by atoms with Crippen LogP contribution in [-0.2, 0) is 4.79 Å². The number of nitriles is 2. The summed E-state index contributed by atoms with van der Waals surface area (Å²) in [7, 11) is 0. The first-order chi connectivity index (χ1) is 8.19. The number of carbonyl (C=O) groups excluding carboxylic acids is 1. The molecule has 86 valence electrons. The number of hydrogen-bond acceptors (Lipinski definition) is 4. The lowest BCUT2D eigenvalue weighted by atomic mass is 10.1. The van der Waals surface area contributed by atoms with Gasteiger partial charge in [0, 0.05) is 0 Å². The number of carbonyl (C=O) groups is 1. The molecule has 1 rings (SSSR count). The zero-order valence-electron chi connectivity index (χ0n) is 9.45. The van der Waals surface area contributed by atoms with Gasteiger partial charge in [-0.25, -0.2) is 0 Å². The van der Waals surface area contributed by atoms with E-state index in [1.807, 2.05) is 25.1 Å². The van der Waals surface area contributed by atoms with Crippen molar-refractivity contribution in [1.82, 2.24) is 5.32 Å². The maximum absolute atomic E-state index is 11.3. The zero-order valence-corrected chi connectivity index (χ0v) is 9.45. The van der Waals surface area contributed by atoms with Crippen molar-refractivity contribution in [2.45, 2.75) is 6.92 Å². The molecule has 0 heterocycles. The second-order valence-electron chi connectivity index (χ2n) is 3.40. The van der Waals surface area contributed by atoms with E-state index in [0.717, 1.165) is 5.56 Å². The van der Waals surface area contributed by atoms with E-state index in [0.29, 0.717) is 11.3 Å². The molecule has 0 radical (unpaired) electrons. The van der Waals surface area contributed by atoms with Crippen molar-refractivity contribution in [3.63, 3.8) is 0 Å². The standard InChI is InChI=1S/C12H12N4O/c1-9-3-2-4-11(10(9)7-14)16-8-12(17)15-6-5-13/h2-4,16H,6,8H2,1H3,(H,15,17). The number of aryl methyl sites for hydroxylation is 1. The van der Waals surface area contributed by atoms with Crippen molar-refractivity contribution in [1.29, 1.82) is 10.5 Å². The molecule has 0 saturated carbocycles. The van der Waals surface area contributed by atoms with E-state index >= 15 is 0 Å². The summed E-state index contributed by atoms with van der Waals surface area (Å²) < 4.78 is 0. The third-order valence-electron chi connectivity index (χ3n) is 2.19. The summed E-state index contributed by atoms with van der Waals surface area (Å²) in [5, 5.41) is 22.5. The Hall–Kier alpha value is -2.53. The molecule has 0 atom stereocenters. The Labute approximate surface area is 99.7 Å². The van der Waals surface area contributed by atoms with Gasteiger partial charge in [-0.15, -0.1) is 0 Å². The smallest absolute Gasteiger partial charge is 0.240 e. The van der Waals surface area contributed by atoms with Crippen LogP contribution in [0.5, 0.6) is 0 Å². The van der Waals surface area contributed by atoms with Crippen LogP contribution in [0.4, 0.5) is 5.69 Å². The lowest BCUT2D eigenvalue weighted by Crippen LogP contribution is -2.30. The topological polar surface area (TPSA) is 88.7 Å². The lowest BCUT2D eigenvalue weighted by Gasteiger charge is -2.09. The second kappa shape index (κ2) is 6.14. The molecule has 0 bridgehead atoms. The number of anilines is 1. The molecule has 0 unspecified atom stereocenters. The fraction of sp³-hybridized carbons (Fsp3) is 0.250. The Kier molecular flexibility index (Phi) is 4.53. The van der Waals surface area contributed by atoms with Gasteiger partial charge in [0.05, 0.1) is 23.9 Å². The molecule has 0 fully saturated rings. The number of nitrogens with zero attached hydrogens (tertiary/aromatic N) is 2. The van der Waals surface area contributed by atoms with Gasteiger partial charge < -0.3 is 10.6 Å². The first-order valence-corrected chi connectivity index (χ1v) is 5.06. The second-order valence-corrected chi connectivity index (χ2v) is 3.40. The highest BCUT2D eigenvalue weighted by Gasteiger charge is 2.06. The summed E-state index contributed by atoms with van der Waals surface area (Å²) in [6, 6.07) is 9.28. The van der Waals surface area contributed by atoms with Crippen LogP contribution in [0.25, 0.3) is 0 Å². The summed E-state index contributed by atoms with van der Waals surface area (Å²) in [6.07, 6.45) is 0. The Morgan fingerprint density at radius 3 is 2.82 bits per heavy atom. The summed E-state index contributed by atoms with van der Waals surface area (Å²) >= 11 is 0. The summed E-state index contributed by atoms with van der Waals surface area (Å²) in [4.78, 5) is 11.3. The van der Waals surface area contributed by atoms with Crippen molar-refractivity contribution in [2.75, 3.05) is 18.4 Å². The predicted octanol–water partition coefficient (Wildman–Crippen LogP) is 0.918. The van der Waals surface area contributed by atoms with Gasteiger partial charge in [0.2, 0.25) is 5.91 Å². The van der Waals surface area contributed by atoms with Crippen molar-refractivity contribution < 1.29 is 4.79 Å². The molecule has 1 aromatic carbocycles. The summed E-state index contributed by atoms with van der Waals surface area (Å²) in [5.41, 5.74) is 2.01. The van der Waals surface area contributed by atoms with E-state index in [9.17, 15) is 4.79 Å². The molecule has 0 aliphatic heterocycles. The minimum atomic E-state index is -0.281. The van der Waals surface area contributed by atoms with Crippen molar-refractivity contribution in [3.05, 3.63) is 29.3 Å². The van der Waals surface area contributed by atoms with Crippen molar-refractivity contribution in [2.24, 2.45) is 0 Å². The van der Waals surface area contributed by atoms with Gasteiger partial charge in [-0.1, -0.05) is 12.1 Å². The average molecular weight is 228 g/mol. The highest BCUT2D eigenvalue weighted by Crippen LogP contribution is 2.17. The molecule has 0 spiro atoms. The van der Waals surface area contributed by atoms with Crippen LogP contribution >= 0.6 is 0 Å². The lowest BCUT2D eigenvalue weighted by molar-refractivity contribution is -0.119. The highest BCUT2D eigenvalue weighted by atomic mass is 16.1. The van der Waals surface area contributed by atoms with Crippen molar-refractivity contribution >= 4 is 11.6 Å². The number of nitrogens with one attached hydrogen (secondary N) is 2. The van der Waals surface area contributed by atoms with Gasteiger partial charge in [-0.2, -0.15) is 10.5 Å². The maximum Gasteiger partial charge on any atom is 0.240 e. The summed E-state index contributed by atoms with van der Waals surface area (Å²) in [5.74, 6) is -0.281. The molecule has 0 saturated heterocycles. The zero-order chi connectivity index (χ0) is 12.7. The predicted molar refractivity (Wildman–Crippen MR) is 63.0 cm³/mol. The number of rotatable bonds is 4. The first kappa shape index (κ1) is 12.5. The van der Waals surface area contributed by atoms with Crippen molar-refractivity contribution in [3.8, 4) is 12.1 Å². The molecule has 0 aliphatic rings. The number of amides is 1. The van der Waals surface area contributed by atoms with E-state index in [1.54, 1.807) is 6.07 Å². The third-order valence-corrected chi connectivity index (χ3v) is 2.19. The van der Waals surface area contributed by atoms with E-state index < -0.39 is 0 Å². The van der Waals surface area contributed by atoms with Crippen LogP contribution in [0.15, 0.2) is 18.2 Å². The molecule has 1 amide bonds. The van der Waals surface area contributed by atoms with E-state index in [-0.39, 0.29) is 19.0 Å². The van der Waals surface area contributed by atoms with Gasteiger partial charge >= 0.3 is 0 Å². The minimum Gasteiger partial charge on any atom is -0.375 e. The van der Waals surface area contributed by atoms with Crippen LogP contribution in [0, 0.1) is 29.6 Å². The SMILES string of the molecule is Cc1cccc(NCC(=O)NCC#N)c1C#N. The quantitative estimate of drug-likeness (QED) is 0.750. The van der Waals surface area contributed by atoms with Crippen LogP contribution in [0.1, 0.15) is 11.1 Å². The van der Waals surface area contributed by atoms with Gasteiger partial charge in [-0.3, -0.25) is 4.79 Å². The Bertz CT molecular complexity index is 496. The average Bonchev–Trinajstić information content (AvgIpc) is 2.33. The monoisotopic (exact) mass is 228 g/mol. The van der Waals surface area contributed by atoms with Crippen LogP contribution in [0.3, 0.4) is 0 Å². The molecule has 0 aromatic heterocycles. The Morgan fingerprint density at radius 2 is 2.18 bits per heavy atom. The number of benzene rings is 1. The molecule has 5 heteroatoms. The normalized spacial score (nSPS) is 8.88. The van der Waals surface area contributed by atoms with Crippen LogP contribution in [0.2, 0.25) is 0 Å². The fourth-order valence-electron chi connectivity index (χ4n) is 1.34. The fourth-order valence-corrected chi connectivity index (χ4v) is 1.34. The third kappa shape index (κ3) is 3.51. The molecule has 5 nitrogen and oxygen atoms in total. The molecule has 1 aromatic rings. The minimum absolute atomic E-state index is 0.0144. The van der Waals surface area contributed by atoms with Gasteiger partial charge in [0.1, 0.15) is 12.6 Å². The van der Waals surface area contributed by atoms with Gasteiger partial charge in [0.25, 0.3) is 0 Å². The first-order valence-electron chi connectivity index (χ1n) is 5.06. The molecular weight excluding hydrogens is 216 g/mol. The Morgan fingerprint density at radius 1 is 1.41 bits per heavy atom. The largest absolute Gasteiger partial charge is 0.375 e. The molecule has 17 heavy (non-hydrogen) atoms. The van der Waals surface area contributed by atoms with Gasteiger partial charge in [-0.05, 0) is 18.6 Å². The Balaban J connectivity index is 2.65. The van der Waals surface area contributed by atoms with Crippen LogP contribution in [-0.4, -0.2) is 19.0 Å². The summed E-state index contributed by atoms with van der Waals surface area (Å²) in [6.45, 7) is 1.86. The number of hydrogen-bond donors (Lipinski definition) is 2. The molecule has 0 aliphatic carbocycles. The molecule has 2 N–H and O–H groups in total. The van der Waals surface area contributed by atoms with Crippen LogP contribution < -0.4 is 10.6 Å². The van der Waals surface area contributed by atoms with E-state index in [4.69, 9.17) is 10.5 Å². The van der Waals surface area contributed by atoms with E-state index in [1.165, 1.54) is 0 Å². The van der Waals surface area contributed by atoms with E-state index in [2.05, 4.69) is 16.7 Å². The molecular formula is C12H12N4O.